The van der Waals surface area contributed by atoms with E-state index >= 15 is 0 Å². The van der Waals surface area contributed by atoms with Crippen LogP contribution in [0.3, 0.4) is 0 Å². The van der Waals surface area contributed by atoms with Gasteiger partial charge in [-0.05, 0) is 42.0 Å². The second kappa shape index (κ2) is 7.82. The highest BCUT2D eigenvalue weighted by atomic mass is 35.5. The second-order valence-electron chi connectivity index (χ2n) is 5.92. The lowest BCUT2D eigenvalue weighted by Crippen LogP contribution is -2.12. The van der Waals surface area contributed by atoms with Gasteiger partial charge in [-0.2, -0.15) is 0 Å². The minimum Gasteiger partial charge on any atom is -0.418 e. The molecule has 0 radical (unpaired) electrons. The first-order chi connectivity index (χ1) is 13.2. The van der Waals surface area contributed by atoms with Crippen molar-refractivity contribution in [1.29, 1.82) is 0 Å². The standard InChI is InChI=1S/C21H15Cl2N3O/c22-15-10-12-16(13-11-15)24-19(14-6-2-1-3-7-14)21-26-25-20(27-21)17-8-4-5-9-18(17)23/h1-13,19,24H/t19-/m0/s1. The molecule has 0 aliphatic carbocycles. The molecule has 1 aromatic heterocycles. The number of benzene rings is 3. The minimum absolute atomic E-state index is 0.309. The molecular formula is C21H15Cl2N3O. The molecule has 6 heteroatoms. The predicted octanol–water partition coefficient (Wildman–Crippen LogP) is 6.24. The number of nitrogens with one attached hydrogen (secondary N) is 1. The Labute approximate surface area is 166 Å². The molecule has 1 heterocycles. The third kappa shape index (κ3) is 3.97. The van der Waals surface area contributed by atoms with E-state index in [2.05, 4.69) is 15.5 Å². The molecule has 0 fully saturated rings. The molecule has 27 heavy (non-hydrogen) atoms. The molecule has 4 aromatic rings. The van der Waals surface area contributed by atoms with Crippen molar-refractivity contribution in [3.05, 3.63) is 100 Å². The summed E-state index contributed by atoms with van der Waals surface area (Å²) >= 11 is 12.2. The van der Waals surface area contributed by atoms with Gasteiger partial charge in [0.15, 0.2) is 0 Å². The molecule has 0 unspecified atom stereocenters. The summed E-state index contributed by atoms with van der Waals surface area (Å²) in [5, 5.41) is 13.1. The Morgan fingerprint density at radius 2 is 1.48 bits per heavy atom. The summed E-state index contributed by atoms with van der Waals surface area (Å²) in [5.41, 5.74) is 2.60. The van der Waals surface area contributed by atoms with Crippen molar-refractivity contribution < 1.29 is 4.42 Å². The van der Waals surface area contributed by atoms with E-state index in [9.17, 15) is 0 Å². The van der Waals surface area contributed by atoms with Gasteiger partial charge in [0.25, 0.3) is 0 Å². The summed E-state index contributed by atoms with van der Waals surface area (Å²) < 4.78 is 5.97. The van der Waals surface area contributed by atoms with Crippen molar-refractivity contribution >= 4 is 28.9 Å². The van der Waals surface area contributed by atoms with Crippen LogP contribution in [0.1, 0.15) is 17.5 Å². The van der Waals surface area contributed by atoms with E-state index in [0.29, 0.717) is 27.4 Å². The van der Waals surface area contributed by atoms with Crippen LogP contribution in [-0.4, -0.2) is 10.2 Å². The zero-order valence-electron chi connectivity index (χ0n) is 14.1. The maximum Gasteiger partial charge on any atom is 0.249 e. The van der Waals surface area contributed by atoms with Gasteiger partial charge >= 0.3 is 0 Å². The fourth-order valence-electron chi connectivity index (χ4n) is 2.74. The highest BCUT2D eigenvalue weighted by molar-refractivity contribution is 6.33. The summed E-state index contributed by atoms with van der Waals surface area (Å²) in [6, 6.07) is 24.5. The van der Waals surface area contributed by atoms with E-state index in [1.54, 1.807) is 6.07 Å². The Morgan fingerprint density at radius 3 is 2.22 bits per heavy atom. The molecule has 0 aliphatic rings. The smallest absolute Gasteiger partial charge is 0.249 e. The molecule has 0 saturated carbocycles. The molecule has 0 saturated heterocycles. The molecule has 1 N–H and O–H groups in total. The molecule has 134 valence electrons. The van der Waals surface area contributed by atoms with Gasteiger partial charge in [-0.15, -0.1) is 10.2 Å². The average molecular weight is 396 g/mol. The molecule has 4 nitrogen and oxygen atoms in total. The zero-order chi connectivity index (χ0) is 18.6. The highest BCUT2D eigenvalue weighted by Crippen LogP contribution is 2.31. The lowest BCUT2D eigenvalue weighted by atomic mass is 10.1. The van der Waals surface area contributed by atoms with Gasteiger partial charge in [0.05, 0.1) is 10.6 Å². The summed E-state index contributed by atoms with van der Waals surface area (Å²) in [6.07, 6.45) is 0. The Kier molecular flexibility index (Phi) is 5.10. The fourth-order valence-corrected chi connectivity index (χ4v) is 3.08. The molecule has 1 atom stereocenters. The molecule has 4 rings (SSSR count). The monoisotopic (exact) mass is 395 g/mol. The number of hydrogen-bond acceptors (Lipinski definition) is 4. The lowest BCUT2D eigenvalue weighted by Gasteiger charge is -2.17. The van der Waals surface area contributed by atoms with Crippen molar-refractivity contribution in [2.45, 2.75) is 6.04 Å². The van der Waals surface area contributed by atoms with Crippen LogP contribution in [0.25, 0.3) is 11.5 Å². The highest BCUT2D eigenvalue weighted by Gasteiger charge is 2.22. The number of aromatic nitrogens is 2. The van der Waals surface area contributed by atoms with Crippen LogP contribution in [0.4, 0.5) is 5.69 Å². The van der Waals surface area contributed by atoms with E-state index in [-0.39, 0.29) is 6.04 Å². The van der Waals surface area contributed by atoms with Crippen molar-refractivity contribution in [3.8, 4) is 11.5 Å². The maximum atomic E-state index is 6.25. The summed E-state index contributed by atoms with van der Waals surface area (Å²) in [6.45, 7) is 0. The van der Waals surface area contributed by atoms with Crippen molar-refractivity contribution in [1.82, 2.24) is 10.2 Å². The van der Waals surface area contributed by atoms with E-state index < -0.39 is 0 Å². The van der Waals surface area contributed by atoms with Crippen LogP contribution in [-0.2, 0) is 0 Å². The van der Waals surface area contributed by atoms with Gasteiger partial charge in [0.2, 0.25) is 11.8 Å². The molecular weight excluding hydrogens is 381 g/mol. The first kappa shape index (κ1) is 17.6. The predicted molar refractivity (Wildman–Crippen MR) is 108 cm³/mol. The third-order valence-electron chi connectivity index (χ3n) is 4.08. The van der Waals surface area contributed by atoms with E-state index in [1.807, 2.05) is 72.8 Å². The number of anilines is 1. The number of halogens is 2. The molecule has 0 spiro atoms. The summed E-state index contributed by atoms with van der Waals surface area (Å²) in [7, 11) is 0. The molecule has 0 aliphatic heterocycles. The second-order valence-corrected chi connectivity index (χ2v) is 6.76. The topological polar surface area (TPSA) is 51.0 Å². The van der Waals surface area contributed by atoms with E-state index in [0.717, 1.165) is 11.3 Å². The lowest BCUT2D eigenvalue weighted by molar-refractivity contribution is 0.494. The maximum absolute atomic E-state index is 6.25. The van der Waals surface area contributed by atoms with Crippen LogP contribution >= 0.6 is 23.2 Å². The number of hydrogen-bond donors (Lipinski definition) is 1. The van der Waals surface area contributed by atoms with Gasteiger partial charge in [0.1, 0.15) is 6.04 Å². The van der Waals surface area contributed by atoms with E-state index in [4.69, 9.17) is 27.6 Å². The Hall–Kier alpha value is -2.82. The largest absolute Gasteiger partial charge is 0.418 e. The number of rotatable bonds is 5. The third-order valence-corrected chi connectivity index (χ3v) is 4.66. The van der Waals surface area contributed by atoms with Gasteiger partial charge < -0.3 is 9.73 Å². The van der Waals surface area contributed by atoms with E-state index in [1.165, 1.54) is 0 Å². The van der Waals surface area contributed by atoms with Crippen molar-refractivity contribution in [2.75, 3.05) is 5.32 Å². The van der Waals surface area contributed by atoms with Crippen LogP contribution in [0, 0.1) is 0 Å². The molecule has 3 aromatic carbocycles. The van der Waals surface area contributed by atoms with Crippen LogP contribution in [0.15, 0.2) is 83.3 Å². The number of nitrogens with zero attached hydrogens (tertiary/aromatic N) is 2. The SMILES string of the molecule is Clc1ccc(N[C@@H](c2ccccc2)c2nnc(-c3ccccc3Cl)o2)cc1. The van der Waals surface area contributed by atoms with Gasteiger partial charge in [-0.1, -0.05) is 65.7 Å². The zero-order valence-corrected chi connectivity index (χ0v) is 15.7. The quantitative estimate of drug-likeness (QED) is 0.434. The Morgan fingerprint density at radius 1 is 0.778 bits per heavy atom. The Bertz CT molecular complexity index is 1030. The van der Waals surface area contributed by atoms with Gasteiger partial charge in [-0.25, -0.2) is 0 Å². The van der Waals surface area contributed by atoms with Gasteiger partial charge in [-0.3, -0.25) is 0 Å². The minimum atomic E-state index is -0.309. The average Bonchev–Trinajstić information content (AvgIpc) is 3.18. The van der Waals surface area contributed by atoms with Gasteiger partial charge in [0, 0.05) is 10.7 Å². The summed E-state index contributed by atoms with van der Waals surface area (Å²) in [5.74, 6) is 0.834. The Balaban J connectivity index is 1.71. The van der Waals surface area contributed by atoms with Crippen LogP contribution in [0.2, 0.25) is 10.0 Å². The van der Waals surface area contributed by atoms with Crippen LogP contribution in [0.5, 0.6) is 0 Å². The molecule has 0 amide bonds. The normalized spacial score (nSPS) is 11.9. The molecule has 0 bridgehead atoms. The fraction of sp³-hybridized carbons (Fsp3) is 0.0476. The van der Waals surface area contributed by atoms with Crippen molar-refractivity contribution in [3.63, 3.8) is 0 Å². The van der Waals surface area contributed by atoms with Crippen molar-refractivity contribution in [2.24, 2.45) is 0 Å². The first-order valence-corrected chi connectivity index (χ1v) is 9.11. The summed E-state index contributed by atoms with van der Waals surface area (Å²) in [4.78, 5) is 0. The first-order valence-electron chi connectivity index (χ1n) is 8.36. The van der Waals surface area contributed by atoms with Crippen LogP contribution < -0.4 is 5.32 Å².